The Morgan fingerprint density at radius 1 is 0.630 bits per heavy atom. The molecule has 160 valence electrons. The Labute approximate surface area is 172 Å². The molecule has 0 bridgehead atoms. The average molecular weight is 377 g/mol. The van der Waals surface area contributed by atoms with Gasteiger partial charge in [-0.1, -0.05) is 142 Å². The van der Waals surface area contributed by atoms with Crippen LogP contribution >= 0.6 is 0 Å². The predicted molar refractivity (Wildman–Crippen MR) is 122 cm³/mol. The minimum atomic E-state index is 1.04. The number of rotatable bonds is 8. The van der Waals surface area contributed by atoms with Crippen molar-refractivity contribution in [2.24, 2.45) is 23.7 Å². The summed E-state index contributed by atoms with van der Waals surface area (Å²) in [5.41, 5.74) is 0. The Kier molecular flexibility index (Phi) is 12.9. The summed E-state index contributed by atoms with van der Waals surface area (Å²) in [7, 11) is 0. The van der Waals surface area contributed by atoms with Gasteiger partial charge in [0.1, 0.15) is 0 Å². The SMILES string of the molecule is CC1CCCCC1.CCCCCCC(CC1CCCCC1)C1CCCCC1. The Morgan fingerprint density at radius 2 is 1.19 bits per heavy atom. The van der Waals surface area contributed by atoms with Crippen LogP contribution in [0, 0.1) is 23.7 Å². The van der Waals surface area contributed by atoms with E-state index in [0.717, 1.165) is 23.7 Å². The van der Waals surface area contributed by atoms with Crippen molar-refractivity contribution in [3.8, 4) is 0 Å². The third kappa shape index (κ3) is 10.4. The van der Waals surface area contributed by atoms with Gasteiger partial charge in [0.25, 0.3) is 0 Å². The van der Waals surface area contributed by atoms with E-state index in [1.54, 1.807) is 38.5 Å². The molecule has 0 nitrogen and oxygen atoms in total. The van der Waals surface area contributed by atoms with Gasteiger partial charge in [-0.2, -0.15) is 0 Å². The topological polar surface area (TPSA) is 0 Å². The first-order valence-corrected chi connectivity index (χ1v) is 13.3. The van der Waals surface area contributed by atoms with Crippen LogP contribution in [0.1, 0.15) is 149 Å². The van der Waals surface area contributed by atoms with E-state index in [0.29, 0.717) is 0 Å². The van der Waals surface area contributed by atoms with Crippen molar-refractivity contribution in [2.75, 3.05) is 0 Å². The minimum absolute atomic E-state index is 1.04. The van der Waals surface area contributed by atoms with Gasteiger partial charge >= 0.3 is 0 Å². The van der Waals surface area contributed by atoms with Crippen LogP contribution in [-0.4, -0.2) is 0 Å². The first-order chi connectivity index (χ1) is 13.3. The van der Waals surface area contributed by atoms with Gasteiger partial charge in [0.15, 0.2) is 0 Å². The van der Waals surface area contributed by atoms with Gasteiger partial charge in [0, 0.05) is 0 Å². The summed E-state index contributed by atoms with van der Waals surface area (Å²) in [6.07, 6.45) is 31.8. The molecular weight excluding hydrogens is 324 g/mol. The quantitative estimate of drug-likeness (QED) is 0.370. The predicted octanol–water partition coefficient (Wildman–Crippen LogP) is 9.71. The van der Waals surface area contributed by atoms with Gasteiger partial charge in [-0.05, 0) is 30.1 Å². The molecule has 0 aromatic carbocycles. The molecule has 3 fully saturated rings. The zero-order chi connectivity index (χ0) is 19.2. The molecule has 3 aliphatic rings. The van der Waals surface area contributed by atoms with Crippen molar-refractivity contribution < 1.29 is 0 Å². The van der Waals surface area contributed by atoms with Gasteiger partial charge < -0.3 is 0 Å². The van der Waals surface area contributed by atoms with Crippen LogP contribution in [0.4, 0.5) is 0 Å². The maximum Gasteiger partial charge on any atom is -0.0383 e. The third-order valence-corrected chi connectivity index (χ3v) is 8.00. The van der Waals surface area contributed by atoms with E-state index < -0.39 is 0 Å². The highest BCUT2D eigenvalue weighted by Gasteiger charge is 2.26. The smallest absolute Gasteiger partial charge is 0.0383 e. The van der Waals surface area contributed by atoms with Crippen LogP contribution < -0.4 is 0 Å². The van der Waals surface area contributed by atoms with E-state index in [1.807, 2.05) is 0 Å². The molecule has 0 aromatic heterocycles. The molecule has 0 spiro atoms. The largest absolute Gasteiger partial charge is 0.0654 e. The maximum absolute atomic E-state index is 2.36. The lowest BCUT2D eigenvalue weighted by Gasteiger charge is -2.34. The van der Waals surface area contributed by atoms with E-state index in [9.17, 15) is 0 Å². The molecule has 0 amide bonds. The summed E-state index contributed by atoms with van der Waals surface area (Å²) < 4.78 is 0. The van der Waals surface area contributed by atoms with Gasteiger partial charge in [-0.3, -0.25) is 0 Å². The molecule has 0 aliphatic heterocycles. The average Bonchev–Trinajstić information content (AvgIpc) is 2.73. The summed E-state index contributed by atoms with van der Waals surface area (Å²) in [6.45, 7) is 4.69. The molecule has 3 rings (SSSR count). The third-order valence-electron chi connectivity index (χ3n) is 8.00. The summed E-state index contributed by atoms with van der Waals surface area (Å²) in [6, 6.07) is 0. The van der Waals surface area contributed by atoms with Crippen molar-refractivity contribution in [3.63, 3.8) is 0 Å². The lowest BCUT2D eigenvalue weighted by molar-refractivity contribution is 0.177. The zero-order valence-corrected chi connectivity index (χ0v) is 19.2. The second kappa shape index (κ2) is 14.9. The monoisotopic (exact) mass is 376 g/mol. The van der Waals surface area contributed by atoms with E-state index in [4.69, 9.17) is 0 Å². The lowest BCUT2D eigenvalue weighted by atomic mass is 9.72. The van der Waals surface area contributed by atoms with Gasteiger partial charge in [-0.25, -0.2) is 0 Å². The highest BCUT2D eigenvalue weighted by atomic mass is 14.3. The fraction of sp³-hybridized carbons (Fsp3) is 1.00. The van der Waals surface area contributed by atoms with Crippen LogP contribution in [0.15, 0.2) is 0 Å². The Morgan fingerprint density at radius 3 is 1.70 bits per heavy atom. The number of hydrogen-bond donors (Lipinski definition) is 0. The molecule has 3 aliphatic carbocycles. The molecule has 0 radical (unpaired) electrons. The molecule has 0 heterocycles. The van der Waals surface area contributed by atoms with Crippen molar-refractivity contribution in [1.82, 2.24) is 0 Å². The fourth-order valence-corrected chi connectivity index (χ4v) is 6.14. The standard InChI is InChI=1S/C20H38.C7H14/c1-2-3-4-9-16-20(19-14-10-6-11-15-19)17-18-12-7-5-8-13-18;1-7-5-3-2-4-6-7/h18-20H,2-17H2,1H3;7H,2-6H2,1H3. The van der Waals surface area contributed by atoms with Crippen molar-refractivity contribution in [3.05, 3.63) is 0 Å². The summed E-state index contributed by atoms with van der Waals surface area (Å²) in [4.78, 5) is 0. The van der Waals surface area contributed by atoms with E-state index >= 15 is 0 Å². The molecule has 27 heavy (non-hydrogen) atoms. The summed E-state index contributed by atoms with van der Waals surface area (Å²) in [5, 5.41) is 0. The molecule has 3 saturated carbocycles. The van der Waals surface area contributed by atoms with Crippen molar-refractivity contribution in [2.45, 2.75) is 149 Å². The second-order valence-electron chi connectivity index (χ2n) is 10.5. The van der Waals surface area contributed by atoms with E-state index in [2.05, 4.69) is 13.8 Å². The van der Waals surface area contributed by atoms with Gasteiger partial charge in [0.2, 0.25) is 0 Å². The molecule has 0 saturated heterocycles. The Bertz CT molecular complexity index is 315. The highest BCUT2D eigenvalue weighted by molar-refractivity contribution is 4.78. The van der Waals surface area contributed by atoms with Crippen LogP contribution in [-0.2, 0) is 0 Å². The fourth-order valence-electron chi connectivity index (χ4n) is 6.14. The highest BCUT2D eigenvalue weighted by Crippen LogP contribution is 2.39. The van der Waals surface area contributed by atoms with E-state index in [1.165, 1.54) is 96.3 Å². The second-order valence-corrected chi connectivity index (χ2v) is 10.5. The van der Waals surface area contributed by atoms with Crippen LogP contribution in [0.2, 0.25) is 0 Å². The summed E-state index contributed by atoms with van der Waals surface area (Å²) in [5.74, 6) is 4.33. The Balaban J connectivity index is 0.000000313. The molecular formula is C27H52. The Hall–Kier alpha value is 0. The van der Waals surface area contributed by atoms with Crippen LogP contribution in [0.3, 0.4) is 0 Å². The van der Waals surface area contributed by atoms with Crippen molar-refractivity contribution in [1.29, 1.82) is 0 Å². The van der Waals surface area contributed by atoms with Crippen molar-refractivity contribution >= 4 is 0 Å². The molecule has 1 unspecified atom stereocenters. The minimum Gasteiger partial charge on any atom is -0.0654 e. The van der Waals surface area contributed by atoms with E-state index in [-0.39, 0.29) is 0 Å². The first kappa shape index (κ1) is 23.3. The first-order valence-electron chi connectivity index (χ1n) is 13.3. The molecule has 0 N–H and O–H groups in total. The molecule has 0 heteroatoms. The lowest BCUT2D eigenvalue weighted by Crippen LogP contribution is -2.22. The molecule has 1 atom stereocenters. The number of unbranched alkanes of at least 4 members (excludes halogenated alkanes) is 3. The zero-order valence-electron chi connectivity index (χ0n) is 19.2. The number of hydrogen-bond acceptors (Lipinski definition) is 0. The maximum atomic E-state index is 2.36. The van der Waals surface area contributed by atoms with Crippen LogP contribution in [0.25, 0.3) is 0 Å². The summed E-state index contributed by atoms with van der Waals surface area (Å²) >= 11 is 0. The van der Waals surface area contributed by atoms with Gasteiger partial charge in [-0.15, -0.1) is 0 Å². The van der Waals surface area contributed by atoms with Crippen LogP contribution in [0.5, 0.6) is 0 Å². The molecule has 0 aromatic rings. The normalized spacial score (nSPS) is 24.2. The van der Waals surface area contributed by atoms with Gasteiger partial charge in [0.05, 0.1) is 0 Å².